The van der Waals surface area contributed by atoms with Crippen LogP contribution in [0.1, 0.15) is 168 Å². The fraction of sp³-hybridized carbons (Fsp3) is 0.950. The zero-order chi connectivity index (χ0) is 34.8. The van der Waals surface area contributed by atoms with E-state index in [4.69, 9.17) is 0 Å². The van der Waals surface area contributed by atoms with E-state index in [-0.39, 0.29) is 31.9 Å². The zero-order valence-corrected chi connectivity index (χ0v) is 35.8. The number of hydrogen-bond donors (Lipinski definition) is 0. The maximum atomic E-state index is 9.75. The summed E-state index contributed by atoms with van der Waals surface area (Å²) in [6.45, 7) is 41.6. The molecule has 0 aromatic rings. The second-order valence-electron chi connectivity index (χ2n) is 18.9. The molecule has 0 saturated heterocycles. The number of nitrogens with zero attached hydrogens (tertiary/aromatic N) is 1. The Morgan fingerprint density at radius 3 is 1.19 bits per heavy atom. The van der Waals surface area contributed by atoms with Gasteiger partial charge in [-0.25, -0.2) is 0 Å². The standard InChI is InChI=1S/C25H52N.C13H26.2CH3.BF4.Fe/c1-10-26(11-2,12-3)18-16-14-13-15-17-21-19-22(24(4,5)6)20-23(21)25(7,8)9;1-12(2,3)10-7-8-11(9-10)13(4,5)6;;;2-1(3,4)5;/h21-23H,10-20H2,1-9H3;10-11H,7-9H2,1-6H3;2*1H3;;/q+1;;3*-1;+2. The van der Waals surface area contributed by atoms with Crippen molar-refractivity contribution < 1.29 is 38.8 Å². The molecule has 0 N–H and O–H groups in total. The summed E-state index contributed by atoms with van der Waals surface area (Å²) in [5.74, 6) is 4.73. The molecule has 0 bridgehead atoms. The van der Waals surface area contributed by atoms with Crippen LogP contribution >= 0.6 is 0 Å². The van der Waals surface area contributed by atoms with Crippen molar-refractivity contribution in [1.82, 2.24) is 0 Å². The van der Waals surface area contributed by atoms with Crippen molar-refractivity contribution in [2.75, 3.05) is 26.2 Å². The molecule has 5 unspecified atom stereocenters. The Balaban J connectivity index is -0.000000369. The van der Waals surface area contributed by atoms with E-state index in [1.807, 2.05) is 0 Å². The van der Waals surface area contributed by atoms with Gasteiger partial charge in [-0.3, -0.25) is 0 Å². The molecule has 0 aromatic heterocycles. The molecule has 2 rings (SSSR count). The van der Waals surface area contributed by atoms with Crippen LogP contribution in [0.5, 0.6) is 0 Å². The van der Waals surface area contributed by atoms with Crippen molar-refractivity contribution in [3.05, 3.63) is 14.9 Å². The van der Waals surface area contributed by atoms with Crippen LogP contribution in [0.4, 0.5) is 17.3 Å². The summed E-state index contributed by atoms with van der Waals surface area (Å²) in [4.78, 5) is 0. The van der Waals surface area contributed by atoms with E-state index in [0.717, 1.165) is 29.6 Å². The van der Waals surface area contributed by atoms with Gasteiger partial charge >= 0.3 is 24.3 Å². The normalized spacial score (nSPS) is 23.7. The van der Waals surface area contributed by atoms with Crippen LogP contribution in [0, 0.1) is 66.1 Å². The first kappa shape index (κ1) is 54.0. The molecule has 7 heteroatoms. The van der Waals surface area contributed by atoms with Crippen LogP contribution in [0.3, 0.4) is 0 Å². The van der Waals surface area contributed by atoms with Crippen molar-refractivity contribution in [2.45, 2.75) is 168 Å². The molecule has 288 valence electrons. The van der Waals surface area contributed by atoms with E-state index in [0.29, 0.717) is 21.7 Å². The average Bonchev–Trinajstić information content (AvgIpc) is 3.51. The topological polar surface area (TPSA) is 0 Å². The summed E-state index contributed by atoms with van der Waals surface area (Å²) in [5.41, 5.74) is 2.02. The number of rotatable bonds is 10. The molecule has 0 aliphatic heterocycles. The van der Waals surface area contributed by atoms with E-state index in [2.05, 4.69) is 104 Å². The average molecular weight is 722 g/mol. The van der Waals surface area contributed by atoms with Gasteiger partial charge in [-0.05, 0) is 117 Å². The number of hydrogen-bond acceptors (Lipinski definition) is 0. The maximum Gasteiger partial charge on any atom is 2.00 e. The van der Waals surface area contributed by atoms with Gasteiger partial charge in [0, 0.05) is 0 Å². The predicted molar refractivity (Wildman–Crippen MR) is 201 cm³/mol. The van der Waals surface area contributed by atoms with Gasteiger partial charge in [0.25, 0.3) is 0 Å². The molecule has 0 spiro atoms. The molecule has 2 fully saturated rings. The fourth-order valence-corrected chi connectivity index (χ4v) is 8.12. The Labute approximate surface area is 305 Å². The fourth-order valence-electron chi connectivity index (χ4n) is 8.12. The van der Waals surface area contributed by atoms with Crippen LogP contribution in [0.25, 0.3) is 0 Å². The zero-order valence-electron chi connectivity index (χ0n) is 34.7. The minimum atomic E-state index is -6.00. The monoisotopic (exact) mass is 722 g/mol. The quantitative estimate of drug-likeness (QED) is 0.0693. The molecule has 2 aliphatic carbocycles. The second kappa shape index (κ2) is 22.3. The SMILES string of the molecule is CC(C)(C)C1CCC(C(C)(C)C)C1.CC[N+](CC)(CC)CCCCCCC1CC(C(C)(C)C)CC1C(C)(C)C.F[B-](F)(F)F.[CH3-].[CH3-].[Fe+2]. The molecule has 0 heterocycles. The predicted octanol–water partition coefficient (Wildman–Crippen LogP) is 14.2. The van der Waals surface area contributed by atoms with E-state index >= 15 is 0 Å². The van der Waals surface area contributed by atoms with E-state index in [1.54, 1.807) is 0 Å². The third kappa shape index (κ3) is 21.9. The first-order valence-electron chi connectivity index (χ1n) is 18.4. The summed E-state index contributed by atoms with van der Waals surface area (Å²) < 4.78 is 40.3. The Bertz CT molecular complexity index is 735. The van der Waals surface area contributed by atoms with Gasteiger partial charge in [0.05, 0.1) is 26.2 Å². The number of halogens is 4. The smallest absolute Gasteiger partial charge is 0.418 e. The Morgan fingerprint density at radius 1 is 0.532 bits per heavy atom. The minimum absolute atomic E-state index is 0. The van der Waals surface area contributed by atoms with Gasteiger partial charge < -0.3 is 36.6 Å². The van der Waals surface area contributed by atoms with Crippen molar-refractivity contribution in [3.8, 4) is 0 Å². The van der Waals surface area contributed by atoms with Crippen LogP contribution in [-0.4, -0.2) is 37.9 Å². The molecule has 2 aliphatic rings. The van der Waals surface area contributed by atoms with Crippen LogP contribution in [0.2, 0.25) is 0 Å². The van der Waals surface area contributed by atoms with Gasteiger partial charge in [-0.15, -0.1) is 0 Å². The number of quaternary nitrogens is 1. The van der Waals surface area contributed by atoms with Gasteiger partial charge in [0.15, 0.2) is 0 Å². The first-order valence-corrected chi connectivity index (χ1v) is 18.4. The van der Waals surface area contributed by atoms with E-state index < -0.39 is 7.25 Å². The van der Waals surface area contributed by atoms with Crippen molar-refractivity contribution in [2.24, 2.45) is 51.2 Å². The third-order valence-electron chi connectivity index (χ3n) is 11.9. The summed E-state index contributed by atoms with van der Waals surface area (Å²) in [6.07, 6.45) is 14.5. The van der Waals surface area contributed by atoms with Gasteiger partial charge in [0.2, 0.25) is 0 Å². The molecular weight excluding hydrogens is 637 g/mol. The summed E-state index contributed by atoms with van der Waals surface area (Å²) >= 11 is 0. The van der Waals surface area contributed by atoms with Gasteiger partial charge in [-0.1, -0.05) is 102 Å². The molecular formula is C40H84BF4FeN. The van der Waals surface area contributed by atoms with Gasteiger partial charge in [0.1, 0.15) is 0 Å². The number of unbranched alkanes of at least 4 members (excludes halogenated alkanes) is 3. The minimum Gasteiger partial charge on any atom is -0.418 e. The second-order valence-corrected chi connectivity index (χ2v) is 18.9. The first-order chi connectivity index (χ1) is 19.7. The van der Waals surface area contributed by atoms with Crippen molar-refractivity contribution in [3.63, 3.8) is 0 Å². The van der Waals surface area contributed by atoms with Crippen LogP contribution in [-0.2, 0) is 17.1 Å². The summed E-state index contributed by atoms with van der Waals surface area (Å²) in [6, 6.07) is 0. The molecule has 2 saturated carbocycles. The van der Waals surface area contributed by atoms with Crippen molar-refractivity contribution >= 4 is 7.25 Å². The molecule has 1 nitrogen and oxygen atoms in total. The van der Waals surface area contributed by atoms with Gasteiger partial charge in [-0.2, -0.15) is 0 Å². The maximum absolute atomic E-state index is 9.75. The Kier molecular flexibility index (Phi) is 25.6. The van der Waals surface area contributed by atoms with E-state index in [9.17, 15) is 17.3 Å². The molecule has 0 aromatic carbocycles. The molecule has 0 amide bonds. The largest absolute Gasteiger partial charge is 2.00 e. The molecule has 0 radical (unpaired) electrons. The van der Waals surface area contributed by atoms with E-state index in [1.165, 1.54) is 94.9 Å². The Morgan fingerprint density at radius 2 is 0.894 bits per heavy atom. The van der Waals surface area contributed by atoms with Crippen molar-refractivity contribution in [1.29, 1.82) is 0 Å². The molecule has 5 atom stereocenters. The summed E-state index contributed by atoms with van der Waals surface area (Å²) in [7, 11) is -6.00. The Hall–Kier alpha value is 0.264. The molecule has 47 heavy (non-hydrogen) atoms. The van der Waals surface area contributed by atoms with Crippen LogP contribution in [0.15, 0.2) is 0 Å². The third-order valence-corrected chi connectivity index (χ3v) is 11.9. The van der Waals surface area contributed by atoms with Crippen LogP contribution < -0.4 is 0 Å². The summed E-state index contributed by atoms with van der Waals surface area (Å²) in [5, 5.41) is 0.